The number of aliphatic hydroxyl groups excluding tert-OH is 1. The number of aliphatic hydroxyl groups is 1. The van der Waals surface area contributed by atoms with E-state index in [4.69, 9.17) is 0 Å². The second kappa shape index (κ2) is 6.75. The van der Waals surface area contributed by atoms with E-state index in [2.05, 4.69) is 10.3 Å². The van der Waals surface area contributed by atoms with Crippen molar-refractivity contribution >= 4 is 5.95 Å². The smallest absolute Gasteiger partial charge is 0.390 e. The Morgan fingerprint density at radius 2 is 2.00 bits per heavy atom. The summed E-state index contributed by atoms with van der Waals surface area (Å²) in [6.07, 6.45) is 3.55. The molecular weight excluding hydrogens is 314 g/mol. The van der Waals surface area contributed by atoms with Crippen molar-refractivity contribution in [3.63, 3.8) is 0 Å². The van der Waals surface area contributed by atoms with Crippen LogP contribution in [0.1, 0.15) is 40.5 Å². The molecule has 0 spiro atoms. The molecule has 2 heterocycles. The number of aromatic nitrogens is 2. The van der Waals surface area contributed by atoms with Crippen LogP contribution in [-0.2, 0) is 6.54 Å². The zero-order valence-corrected chi connectivity index (χ0v) is 14.6. The maximum absolute atomic E-state index is 10.8. The maximum atomic E-state index is 10.8. The normalized spacial score (nSPS) is 22.4. The summed E-state index contributed by atoms with van der Waals surface area (Å²) in [5.74, 6) is -0.273. The number of hydroxylamine groups is 2. The molecule has 0 radical (unpaired) electrons. The van der Waals surface area contributed by atoms with Crippen molar-refractivity contribution in [2.75, 3.05) is 6.54 Å². The number of imidazole rings is 1. The maximum Gasteiger partial charge on any atom is 0.434 e. The zero-order valence-electron chi connectivity index (χ0n) is 14.6. The summed E-state index contributed by atoms with van der Waals surface area (Å²) in [5, 5.41) is 36.0. The lowest BCUT2D eigenvalue weighted by Crippen LogP contribution is -2.62. The van der Waals surface area contributed by atoms with Gasteiger partial charge in [0.2, 0.25) is 0 Å². The Hall–Kier alpha value is -1.55. The molecule has 24 heavy (non-hydrogen) atoms. The van der Waals surface area contributed by atoms with Crippen molar-refractivity contribution in [1.29, 1.82) is 0 Å². The third-order valence-corrected chi connectivity index (χ3v) is 4.55. The Balaban J connectivity index is 1.91. The van der Waals surface area contributed by atoms with Gasteiger partial charge < -0.3 is 25.7 Å². The van der Waals surface area contributed by atoms with Crippen molar-refractivity contribution in [2.45, 2.75) is 70.3 Å². The minimum absolute atomic E-state index is 0.106. The Morgan fingerprint density at radius 1 is 1.42 bits per heavy atom. The van der Waals surface area contributed by atoms with Crippen LogP contribution in [0.2, 0.25) is 0 Å². The molecule has 9 nitrogen and oxygen atoms in total. The van der Waals surface area contributed by atoms with Gasteiger partial charge in [-0.25, -0.2) is 4.57 Å². The molecule has 1 saturated heterocycles. The molecule has 0 aromatic carbocycles. The average molecular weight is 341 g/mol. The van der Waals surface area contributed by atoms with E-state index in [0.717, 1.165) is 12.8 Å². The van der Waals surface area contributed by atoms with E-state index < -0.39 is 11.0 Å². The summed E-state index contributed by atoms with van der Waals surface area (Å²) >= 11 is 0. The number of hydrogen-bond acceptors (Lipinski definition) is 7. The molecule has 1 aliphatic heterocycles. The van der Waals surface area contributed by atoms with Crippen LogP contribution in [0.15, 0.2) is 12.4 Å². The van der Waals surface area contributed by atoms with E-state index in [-0.39, 0.29) is 29.6 Å². The van der Waals surface area contributed by atoms with Crippen molar-refractivity contribution in [3.8, 4) is 0 Å². The van der Waals surface area contributed by atoms with E-state index in [0.29, 0.717) is 6.54 Å². The summed E-state index contributed by atoms with van der Waals surface area (Å²) < 4.78 is 1.33. The van der Waals surface area contributed by atoms with Crippen LogP contribution in [0.4, 0.5) is 5.95 Å². The van der Waals surface area contributed by atoms with Crippen LogP contribution in [0, 0.1) is 10.1 Å². The first kappa shape index (κ1) is 18.8. The third-order valence-electron chi connectivity index (χ3n) is 4.55. The second-order valence-corrected chi connectivity index (χ2v) is 7.74. The molecule has 3 N–H and O–H groups in total. The second-order valence-electron chi connectivity index (χ2n) is 7.74. The van der Waals surface area contributed by atoms with E-state index >= 15 is 0 Å². The summed E-state index contributed by atoms with van der Waals surface area (Å²) in [6.45, 7) is 8.34. The molecule has 2 rings (SSSR count). The number of hydrogen-bond donors (Lipinski definition) is 3. The summed E-state index contributed by atoms with van der Waals surface area (Å²) in [7, 11) is 0. The Labute approximate surface area is 141 Å². The fraction of sp³-hybridized carbons (Fsp3) is 0.800. The highest BCUT2D eigenvalue weighted by Crippen LogP contribution is 2.36. The first-order valence-corrected chi connectivity index (χ1v) is 8.09. The molecule has 1 aliphatic rings. The van der Waals surface area contributed by atoms with Gasteiger partial charge in [0.25, 0.3) is 0 Å². The summed E-state index contributed by atoms with van der Waals surface area (Å²) in [5.41, 5.74) is -0.735. The largest absolute Gasteiger partial charge is 0.434 e. The Morgan fingerprint density at radius 3 is 2.54 bits per heavy atom. The quantitative estimate of drug-likeness (QED) is 0.525. The third kappa shape index (κ3) is 4.10. The molecular formula is C15H27N5O4. The van der Waals surface area contributed by atoms with Gasteiger partial charge in [0.05, 0.1) is 12.6 Å². The molecule has 1 unspecified atom stereocenters. The van der Waals surface area contributed by atoms with Crippen molar-refractivity contribution in [1.82, 2.24) is 19.9 Å². The van der Waals surface area contributed by atoms with Gasteiger partial charge in [-0.15, -0.1) is 0 Å². The predicted molar refractivity (Wildman–Crippen MR) is 87.7 cm³/mol. The highest BCUT2D eigenvalue weighted by atomic mass is 16.6. The molecule has 0 aliphatic carbocycles. The van der Waals surface area contributed by atoms with Gasteiger partial charge in [-0.2, -0.15) is 5.06 Å². The van der Waals surface area contributed by atoms with Crippen LogP contribution in [0.5, 0.6) is 0 Å². The van der Waals surface area contributed by atoms with E-state index in [1.807, 2.05) is 27.7 Å². The van der Waals surface area contributed by atoms with Crippen LogP contribution in [-0.4, -0.2) is 59.6 Å². The summed E-state index contributed by atoms with van der Waals surface area (Å²) in [4.78, 5) is 13.9. The van der Waals surface area contributed by atoms with Gasteiger partial charge in [-0.1, -0.05) is 4.98 Å². The molecule has 1 aromatic heterocycles. The molecule has 0 amide bonds. The SMILES string of the molecule is CC1(C)CC(NCC(O)Cn2ccnc2[N+](=O)[O-])CC(C)(C)N1O. The predicted octanol–water partition coefficient (Wildman–Crippen LogP) is 1.15. The van der Waals surface area contributed by atoms with Crippen LogP contribution >= 0.6 is 0 Å². The highest BCUT2D eigenvalue weighted by Gasteiger charge is 2.44. The van der Waals surface area contributed by atoms with Gasteiger partial charge in [0.1, 0.15) is 12.4 Å². The van der Waals surface area contributed by atoms with Crippen LogP contribution in [0.3, 0.4) is 0 Å². The number of nitrogens with one attached hydrogen (secondary N) is 1. The molecule has 9 heteroatoms. The molecule has 0 bridgehead atoms. The topological polar surface area (TPSA) is 117 Å². The first-order valence-electron chi connectivity index (χ1n) is 8.09. The van der Waals surface area contributed by atoms with Crippen molar-refractivity contribution in [2.24, 2.45) is 0 Å². The minimum atomic E-state index is -0.767. The monoisotopic (exact) mass is 341 g/mol. The van der Waals surface area contributed by atoms with E-state index in [1.165, 1.54) is 22.0 Å². The summed E-state index contributed by atoms with van der Waals surface area (Å²) in [6, 6.07) is 0.144. The zero-order chi connectivity index (χ0) is 18.1. The van der Waals surface area contributed by atoms with Crippen LogP contribution < -0.4 is 5.32 Å². The number of nitrogens with zero attached hydrogens (tertiary/aromatic N) is 4. The minimum Gasteiger partial charge on any atom is -0.390 e. The van der Waals surface area contributed by atoms with Gasteiger partial charge >= 0.3 is 5.95 Å². The molecule has 1 atom stereocenters. The molecule has 1 aromatic rings. The molecule has 0 saturated carbocycles. The lowest BCUT2D eigenvalue weighted by atomic mass is 9.79. The number of piperidine rings is 1. The lowest BCUT2D eigenvalue weighted by molar-refractivity contribution is -0.397. The number of nitro groups is 1. The standard InChI is InChI=1S/C15H27N5O4/c1-14(2)7-11(8-15(3,4)20(14)24)17-9-12(21)10-18-6-5-16-13(18)19(22)23/h5-6,11-12,17,21,24H,7-10H2,1-4H3. The molecule has 136 valence electrons. The van der Waals surface area contributed by atoms with Gasteiger partial charge in [-0.05, 0) is 45.5 Å². The van der Waals surface area contributed by atoms with Crippen molar-refractivity contribution in [3.05, 3.63) is 22.5 Å². The van der Waals surface area contributed by atoms with Gasteiger partial charge in [0.15, 0.2) is 0 Å². The van der Waals surface area contributed by atoms with E-state index in [9.17, 15) is 20.4 Å². The first-order chi connectivity index (χ1) is 11.0. The Kier molecular flexibility index (Phi) is 5.28. The lowest BCUT2D eigenvalue weighted by Gasteiger charge is -2.51. The van der Waals surface area contributed by atoms with Crippen LogP contribution in [0.25, 0.3) is 0 Å². The fourth-order valence-electron chi connectivity index (χ4n) is 3.62. The average Bonchev–Trinajstić information content (AvgIpc) is 2.90. The van der Waals surface area contributed by atoms with Gasteiger partial charge in [0, 0.05) is 23.7 Å². The van der Waals surface area contributed by atoms with Gasteiger partial charge in [-0.3, -0.25) is 0 Å². The van der Waals surface area contributed by atoms with Crippen molar-refractivity contribution < 1.29 is 15.2 Å². The Bertz CT molecular complexity index is 568. The van der Waals surface area contributed by atoms with E-state index in [1.54, 1.807) is 0 Å². The number of rotatable bonds is 6. The molecule has 1 fully saturated rings. The highest BCUT2D eigenvalue weighted by molar-refractivity contribution is 5.06. The fourth-order valence-corrected chi connectivity index (χ4v) is 3.62.